The SMILES string of the molecule is Cc1ccc(C#CCN)cc1C(=O)NCCc1nccs1. The zero-order chi connectivity index (χ0) is 15.1. The number of carbonyl (C=O) groups is 1. The van der Waals surface area contributed by atoms with E-state index in [0.29, 0.717) is 18.7 Å². The molecule has 4 nitrogen and oxygen atoms in total. The Morgan fingerprint density at radius 3 is 3.05 bits per heavy atom. The first-order chi connectivity index (χ1) is 10.2. The molecule has 2 aromatic rings. The van der Waals surface area contributed by atoms with E-state index >= 15 is 0 Å². The van der Waals surface area contributed by atoms with E-state index in [0.717, 1.165) is 22.6 Å². The van der Waals surface area contributed by atoms with E-state index in [1.54, 1.807) is 23.6 Å². The van der Waals surface area contributed by atoms with Crippen LogP contribution in [-0.4, -0.2) is 24.0 Å². The van der Waals surface area contributed by atoms with Gasteiger partial charge in [-0.05, 0) is 24.6 Å². The highest BCUT2D eigenvalue weighted by Gasteiger charge is 2.09. The molecule has 0 aliphatic carbocycles. The molecule has 1 aromatic heterocycles. The molecular weight excluding hydrogens is 282 g/mol. The predicted octanol–water partition coefficient (Wildman–Crippen LogP) is 1.73. The summed E-state index contributed by atoms with van der Waals surface area (Å²) in [5, 5.41) is 5.87. The van der Waals surface area contributed by atoms with Gasteiger partial charge in [-0.3, -0.25) is 4.79 Å². The number of nitrogens with one attached hydrogen (secondary N) is 1. The molecular formula is C16H17N3OS. The van der Waals surface area contributed by atoms with Crippen LogP contribution in [0.5, 0.6) is 0 Å². The summed E-state index contributed by atoms with van der Waals surface area (Å²) in [6.45, 7) is 2.80. The number of hydrogen-bond donors (Lipinski definition) is 2. The molecule has 3 N–H and O–H groups in total. The highest BCUT2D eigenvalue weighted by molar-refractivity contribution is 7.09. The Bertz CT molecular complexity index is 669. The number of aromatic nitrogens is 1. The van der Waals surface area contributed by atoms with Crippen LogP contribution in [0.3, 0.4) is 0 Å². The quantitative estimate of drug-likeness (QED) is 0.845. The van der Waals surface area contributed by atoms with Crippen LogP contribution in [0.2, 0.25) is 0 Å². The van der Waals surface area contributed by atoms with Crippen molar-refractivity contribution in [3.05, 3.63) is 51.5 Å². The number of carbonyl (C=O) groups excluding carboxylic acids is 1. The number of aryl methyl sites for hydroxylation is 1. The summed E-state index contributed by atoms with van der Waals surface area (Å²) < 4.78 is 0. The van der Waals surface area contributed by atoms with Crippen LogP contribution in [0.1, 0.15) is 26.5 Å². The lowest BCUT2D eigenvalue weighted by Gasteiger charge is -2.07. The first kappa shape index (κ1) is 15.2. The number of nitrogens with zero attached hydrogens (tertiary/aromatic N) is 1. The van der Waals surface area contributed by atoms with Crippen molar-refractivity contribution in [2.24, 2.45) is 5.73 Å². The smallest absolute Gasteiger partial charge is 0.251 e. The fourth-order valence-corrected chi connectivity index (χ4v) is 2.47. The van der Waals surface area contributed by atoms with Crippen LogP contribution in [-0.2, 0) is 6.42 Å². The van der Waals surface area contributed by atoms with Gasteiger partial charge in [-0.2, -0.15) is 0 Å². The summed E-state index contributed by atoms with van der Waals surface area (Å²) in [4.78, 5) is 16.4. The number of nitrogens with two attached hydrogens (primary N) is 1. The molecule has 1 aromatic carbocycles. The van der Waals surface area contributed by atoms with Crippen molar-refractivity contribution in [1.82, 2.24) is 10.3 Å². The third-order valence-electron chi connectivity index (χ3n) is 2.92. The third kappa shape index (κ3) is 4.42. The molecule has 0 saturated heterocycles. The summed E-state index contributed by atoms with van der Waals surface area (Å²) in [5.41, 5.74) is 7.74. The van der Waals surface area contributed by atoms with Crippen LogP contribution in [0.15, 0.2) is 29.8 Å². The van der Waals surface area contributed by atoms with E-state index in [4.69, 9.17) is 5.73 Å². The molecule has 0 aliphatic rings. The second kappa shape index (κ2) is 7.58. The molecule has 1 amide bonds. The molecule has 108 valence electrons. The van der Waals surface area contributed by atoms with E-state index < -0.39 is 0 Å². The Balaban J connectivity index is 2.00. The van der Waals surface area contributed by atoms with Crippen molar-refractivity contribution in [2.45, 2.75) is 13.3 Å². The standard InChI is InChI=1S/C16H17N3OS/c1-12-4-5-13(3-2-7-17)11-14(12)16(20)19-8-6-15-18-9-10-21-15/h4-5,9-11H,6-8,17H2,1H3,(H,19,20). The number of hydrogen-bond acceptors (Lipinski definition) is 4. The van der Waals surface area contributed by atoms with E-state index in [9.17, 15) is 4.79 Å². The Labute approximate surface area is 128 Å². The van der Waals surface area contributed by atoms with Gasteiger partial charge >= 0.3 is 0 Å². The normalized spacial score (nSPS) is 9.81. The predicted molar refractivity (Wildman–Crippen MR) is 85.3 cm³/mol. The van der Waals surface area contributed by atoms with Gasteiger partial charge in [-0.1, -0.05) is 17.9 Å². The van der Waals surface area contributed by atoms with Crippen molar-refractivity contribution in [2.75, 3.05) is 13.1 Å². The van der Waals surface area contributed by atoms with Crippen LogP contribution < -0.4 is 11.1 Å². The molecule has 0 atom stereocenters. The maximum atomic E-state index is 12.2. The lowest BCUT2D eigenvalue weighted by atomic mass is 10.0. The molecule has 5 heteroatoms. The maximum absolute atomic E-state index is 12.2. The summed E-state index contributed by atoms with van der Waals surface area (Å²) in [7, 11) is 0. The highest BCUT2D eigenvalue weighted by atomic mass is 32.1. The topological polar surface area (TPSA) is 68.0 Å². The average molecular weight is 299 g/mol. The van der Waals surface area contributed by atoms with Crippen LogP contribution in [0.4, 0.5) is 0 Å². The summed E-state index contributed by atoms with van der Waals surface area (Å²) in [5.74, 6) is 5.65. The average Bonchev–Trinajstić information content (AvgIpc) is 2.99. The summed E-state index contributed by atoms with van der Waals surface area (Å²) >= 11 is 1.59. The lowest BCUT2D eigenvalue weighted by molar-refractivity contribution is 0.0953. The van der Waals surface area contributed by atoms with Crippen LogP contribution in [0.25, 0.3) is 0 Å². The minimum absolute atomic E-state index is 0.0829. The van der Waals surface area contributed by atoms with Crippen molar-refractivity contribution in [3.63, 3.8) is 0 Å². The van der Waals surface area contributed by atoms with Crippen molar-refractivity contribution in [3.8, 4) is 11.8 Å². The molecule has 0 fully saturated rings. The van der Waals surface area contributed by atoms with Crippen molar-refractivity contribution >= 4 is 17.2 Å². The fraction of sp³-hybridized carbons (Fsp3) is 0.250. The van der Waals surface area contributed by atoms with Crippen LogP contribution in [0, 0.1) is 18.8 Å². The van der Waals surface area contributed by atoms with Gasteiger partial charge in [-0.15, -0.1) is 11.3 Å². The number of benzene rings is 1. The largest absolute Gasteiger partial charge is 0.352 e. The minimum Gasteiger partial charge on any atom is -0.352 e. The summed E-state index contributed by atoms with van der Waals surface area (Å²) in [6.07, 6.45) is 2.51. The molecule has 0 unspecified atom stereocenters. The molecule has 0 aliphatic heterocycles. The highest BCUT2D eigenvalue weighted by Crippen LogP contribution is 2.11. The van der Waals surface area contributed by atoms with Gasteiger partial charge in [0.25, 0.3) is 5.91 Å². The minimum atomic E-state index is -0.0829. The molecule has 2 rings (SSSR count). The van der Waals surface area contributed by atoms with Gasteiger partial charge < -0.3 is 11.1 Å². The Morgan fingerprint density at radius 1 is 1.48 bits per heavy atom. The van der Waals surface area contributed by atoms with Crippen molar-refractivity contribution in [1.29, 1.82) is 0 Å². The van der Waals surface area contributed by atoms with Gasteiger partial charge in [0.05, 0.1) is 11.6 Å². The fourth-order valence-electron chi connectivity index (χ4n) is 1.85. The zero-order valence-corrected chi connectivity index (χ0v) is 12.7. The molecule has 0 saturated carbocycles. The van der Waals surface area contributed by atoms with E-state index in [1.165, 1.54) is 0 Å². The van der Waals surface area contributed by atoms with E-state index in [-0.39, 0.29) is 5.91 Å². The molecule has 0 spiro atoms. The zero-order valence-electron chi connectivity index (χ0n) is 11.8. The number of rotatable bonds is 4. The monoisotopic (exact) mass is 299 g/mol. The van der Waals surface area contributed by atoms with E-state index in [1.807, 2.05) is 24.4 Å². The number of amides is 1. The molecule has 0 radical (unpaired) electrons. The first-order valence-electron chi connectivity index (χ1n) is 6.67. The Hall–Kier alpha value is -2.16. The third-order valence-corrected chi connectivity index (χ3v) is 3.76. The van der Waals surface area contributed by atoms with Gasteiger partial charge in [0.1, 0.15) is 0 Å². The molecule has 0 bridgehead atoms. The maximum Gasteiger partial charge on any atom is 0.251 e. The van der Waals surface area contributed by atoms with Gasteiger partial charge in [0, 0.05) is 35.7 Å². The van der Waals surface area contributed by atoms with Gasteiger partial charge in [0.2, 0.25) is 0 Å². The second-order valence-electron chi connectivity index (χ2n) is 4.47. The molecule has 1 heterocycles. The Morgan fingerprint density at radius 2 is 2.33 bits per heavy atom. The second-order valence-corrected chi connectivity index (χ2v) is 5.45. The first-order valence-corrected chi connectivity index (χ1v) is 7.55. The van der Waals surface area contributed by atoms with Gasteiger partial charge in [-0.25, -0.2) is 4.98 Å². The van der Waals surface area contributed by atoms with Crippen molar-refractivity contribution < 1.29 is 4.79 Å². The lowest BCUT2D eigenvalue weighted by Crippen LogP contribution is -2.26. The molecule has 21 heavy (non-hydrogen) atoms. The van der Waals surface area contributed by atoms with Crippen LogP contribution >= 0.6 is 11.3 Å². The van der Waals surface area contributed by atoms with Gasteiger partial charge in [0.15, 0.2) is 0 Å². The number of thiazole rings is 1. The summed E-state index contributed by atoms with van der Waals surface area (Å²) in [6, 6.07) is 5.59. The Kier molecular flexibility index (Phi) is 5.50. The van der Waals surface area contributed by atoms with E-state index in [2.05, 4.69) is 22.1 Å².